The number of fused-ring (bicyclic) bond motifs is 1. The van der Waals surface area contributed by atoms with Crippen molar-refractivity contribution < 1.29 is 9.59 Å². The second-order valence-electron chi connectivity index (χ2n) is 11.4. The zero-order chi connectivity index (χ0) is 23.7. The van der Waals surface area contributed by atoms with E-state index in [0.717, 1.165) is 77.4 Å². The van der Waals surface area contributed by atoms with Gasteiger partial charge in [0.1, 0.15) is 0 Å². The molecule has 8 heteroatoms. The molecule has 4 fully saturated rings. The molecule has 2 aliphatic heterocycles. The molecular weight excluding hydrogens is 416 g/mol. The van der Waals surface area contributed by atoms with E-state index >= 15 is 0 Å². The number of amidine groups is 1. The van der Waals surface area contributed by atoms with E-state index in [0.29, 0.717) is 29.8 Å². The number of primary amides is 1. The van der Waals surface area contributed by atoms with E-state index in [4.69, 9.17) is 16.9 Å². The van der Waals surface area contributed by atoms with Crippen LogP contribution in [0, 0.1) is 29.1 Å². The largest absolute Gasteiger partial charge is 0.387 e. The lowest BCUT2D eigenvalue weighted by molar-refractivity contribution is -0.127. The Labute approximate surface area is 198 Å². The van der Waals surface area contributed by atoms with Crippen LogP contribution in [0.15, 0.2) is 0 Å². The number of nitrogens with one attached hydrogen (secondary N) is 2. The summed E-state index contributed by atoms with van der Waals surface area (Å²) >= 11 is 0. The van der Waals surface area contributed by atoms with E-state index < -0.39 is 0 Å². The van der Waals surface area contributed by atoms with Crippen molar-refractivity contribution >= 4 is 17.6 Å². The summed E-state index contributed by atoms with van der Waals surface area (Å²) < 4.78 is 0. The summed E-state index contributed by atoms with van der Waals surface area (Å²) in [7, 11) is 0. The molecule has 0 spiro atoms. The quantitative estimate of drug-likeness (QED) is 0.339. The summed E-state index contributed by atoms with van der Waals surface area (Å²) in [6.45, 7) is 7.31. The van der Waals surface area contributed by atoms with Crippen LogP contribution in [0.4, 0.5) is 0 Å². The van der Waals surface area contributed by atoms with Crippen molar-refractivity contribution in [3.8, 4) is 0 Å². The minimum atomic E-state index is -0.171. The van der Waals surface area contributed by atoms with Crippen LogP contribution in [0.25, 0.3) is 0 Å². The Morgan fingerprint density at radius 3 is 2.30 bits per heavy atom. The second kappa shape index (κ2) is 10.3. The van der Waals surface area contributed by atoms with Gasteiger partial charge in [-0.15, -0.1) is 0 Å². The molecule has 2 amide bonds. The average Bonchev–Trinajstić information content (AvgIpc) is 3.39. The number of hydrogen-bond donors (Lipinski definition) is 4. The fraction of sp³-hybridized carbons (Fsp3) is 0.880. The summed E-state index contributed by atoms with van der Waals surface area (Å²) in [4.78, 5) is 30.0. The fourth-order valence-corrected chi connectivity index (χ4v) is 6.95. The number of nitrogens with zero attached hydrogens (tertiary/aromatic N) is 2. The van der Waals surface area contributed by atoms with E-state index in [2.05, 4.69) is 29.0 Å². The van der Waals surface area contributed by atoms with Crippen LogP contribution in [0.1, 0.15) is 71.6 Å². The highest BCUT2D eigenvalue weighted by atomic mass is 16.2. The third-order valence-electron chi connectivity index (χ3n) is 9.07. The zero-order valence-corrected chi connectivity index (χ0v) is 20.5. The van der Waals surface area contributed by atoms with Crippen molar-refractivity contribution in [1.29, 1.82) is 5.41 Å². The van der Waals surface area contributed by atoms with Crippen molar-refractivity contribution in [3.63, 3.8) is 0 Å². The average molecular weight is 461 g/mol. The van der Waals surface area contributed by atoms with Gasteiger partial charge in [-0.3, -0.25) is 24.8 Å². The Balaban J connectivity index is 1.43. The van der Waals surface area contributed by atoms with Crippen molar-refractivity contribution in [2.45, 2.75) is 95.8 Å². The highest BCUT2D eigenvalue weighted by Gasteiger charge is 2.48. The van der Waals surface area contributed by atoms with Crippen LogP contribution in [0.3, 0.4) is 0 Å². The zero-order valence-electron chi connectivity index (χ0n) is 20.5. The maximum Gasteiger partial charge on any atom is 0.237 e. The SMILES string of the molecule is CC(C)N1CC[C@H](NC(=O)C2CC3CCC(C(=N)N)CC3N2CC2CCC(C(N)=O)CC2)C1. The van der Waals surface area contributed by atoms with Crippen LogP contribution >= 0.6 is 0 Å². The number of nitrogens with two attached hydrogens (primary N) is 2. The molecule has 8 nitrogen and oxygen atoms in total. The molecule has 4 rings (SSSR count). The second-order valence-corrected chi connectivity index (χ2v) is 11.4. The Bertz CT molecular complexity index is 734. The van der Waals surface area contributed by atoms with Crippen molar-refractivity contribution in [1.82, 2.24) is 15.1 Å². The van der Waals surface area contributed by atoms with Gasteiger partial charge in [0.25, 0.3) is 0 Å². The summed E-state index contributed by atoms with van der Waals surface area (Å²) in [5, 5.41) is 11.4. The minimum Gasteiger partial charge on any atom is -0.387 e. The highest BCUT2D eigenvalue weighted by Crippen LogP contribution is 2.43. The molecule has 33 heavy (non-hydrogen) atoms. The van der Waals surface area contributed by atoms with Crippen LogP contribution in [-0.4, -0.2) is 71.3 Å². The predicted octanol–water partition coefficient (Wildman–Crippen LogP) is 1.67. The number of amides is 2. The van der Waals surface area contributed by atoms with Gasteiger partial charge in [-0.1, -0.05) is 0 Å². The molecule has 2 aliphatic carbocycles. The van der Waals surface area contributed by atoms with E-state index in [1.165, 1.54) is 0 Å². The van der Waals surface area contributed by atoms with Gasteiger partial charge in [0, 0.05) is 49.6 Å². The third-order valence-corrected chi connectivity index (χ3v) is 9.07. The van der Waals surface area contributed by atoms with Gasteiger partial charge in [-0.2, -0.15) is 0 Å². The van der Waals surface area contributed by atoms with Crippen LogP contribution in [0.5, 0.6) is 0 Å². The maximum absolute atomic E-state index is 13.5. The molecule has 0 bridgehead atoms. The fourth-order valence-electron chi connectivity index (χ4n) is 6.95. The van der Waals surface area contributed by atoms with Crippen molar-refractivity contribution in [3.05, 3.63) is 0 Å². The lowest BCUT2D eigenvalue weighted by Crippen LogP contribution is -2.52. The smallest absolute Gasteiger partial charge is 0.237 e. The van der Waals surface area contributed by atoms with E-state index in [-0.39, 0.29) is 35.7 Å². The van der Waals surface area contributed by atoms with Crippen LogP contribution < -0.4 is 16.8 Å². The van der Waals surface area contributed by atoms with Gasteiger partial charge < -0.3 is 16.8 Å². The molecule has 6 N–H and O–H groups in total. The topological polar surface area (TPSA) is 129 Å². The molecule has 2 saturated heterocycles. The molecule has 0 aromatic heterocycles. The first kappa shape index (κ1) is 24.5. The maximum atomic E-state index is 13.5. The molecule has 4 aliphatic rings. The highest BCUT2D eigenvalue weighted by molar-refractivity contribution is 5.83. The lowest BCUT2D eigenvalue weighted by Gasteiger charge is -2.39. The molecular formula is C25H44N6O2. The summed E-state index contributed by atoms with van der Waals surface area (Å²) in [6.07, 6.45) is 8.57. The van der Waals surface area contributed by atoms with Gasteiger partial charge in [-0.05, 0) is 83.5 Å². The summed E-state index contributed by atoms with van der Waals surface area (Å²) in [6, 6.07) is 0.984. The van der Waals surface area contributed by atoms with Crippen molar-refractivity contribution in [2.75, 3.05) is 19.6 Å². The third kappa shape index (κ3) is 5.53. The standard InChI is InChI=1S/C25H44N6O2/c1-15(2)30-10-9-20(14-30)29-25(33)22-11-18-7-8-19(23(26)27)12-21(18)31(22)13-16-3-5-17(6-4-16)24(28)32/h15-22H,3-14H2,1-2H3,(H3,26,27)(H2,28,32)(H,29,33)/t16?,17?,18?,19?,20-,21?,22?/m0/s1. The Hall–Kier alpha value is -1.67. The first-order valence-corrected chi connectivity index (χ1v) is 13.2. The molecule has 4 unspecified atom stereocenters. The lowest BCUT2D eigenvalue weighted by atomic mass is 9.77. The molecule has 0 aromatic carbocycles. The molecule has 0 radical (unpaired) electrons. The Kier molecular flexibility index (Phi) is 7.63. The Morgan fingerprint density at radius 1 is 1.00 bits per heavy atom. The molecule has 2 heterocycles. The number of hydrogen-bond acceptors (Lipinski definition) is 5. The number of carbonyl (C=O) groups is 2. The normalized spacial score (nSPS) is 37.7. The van der Waals surface area contributed by atoms with Gasteiger partial charge >= 0.3 is 0 Å². The molecule has 0 aromatic rings. The minimum absolute atomic E-state index is 0.00900. The van der Waals surface area contributed by atoms with Gasteiger partial charge in [-0.25, -0.2) is 0 Å². The molecule has 186 valence electrons. The Morgan fingerprint density at radius 2 is 1.70 bits per heavy atom. The van der Waals surface area contributed by atoms with Gasteiger partial charge in [0.05, 0.1) is 11.9 Å². The molecule has 5 atom stereocenters. The first-order chi connectivity index (χ1) is 15.7. The molecule has 2 saturated carbocycles. The number of rotatable bonds is 7. The predicted molar refractivity (Wildman–Crippen MR) is 130 cm³/mol. The van der Waals surface area contributed by atoms with Gasteiger partial charge in [0.15, 0.2) is 0 Å². The monoisotopic (exact) mass is 460 g/mol. The van der Waals surface area contributed by atoms with Crippen LogP contribution in [-0.2, 0) is 9.59 Å². The number of likely N-dealkylation sites (tertiary alicyclic amines) is 2. The summed E-state index contributed by atoms with van der Waals surface area (Å²) in [5.41, 5.74) is 11.4. The van der Waals surface area contributed by atoms with E-state index in [1.54, 1.807) is 0 Å². The van der Waals surface area contributed by atoms with Gasteiger partial charge in [0.2, 0.25) is 11.8 Å². The number of carbonyl (C=O) groups excluding carboxylic acids is 2. The van der Waals surface area contributed by atoms with Crippen molar-refractivity contribution in [2.24, 2.45) is 35.1 Å². The van der Waals surface area contributed by atoms with E-state index in [9.17, 15) is 9.59 Å². The van der Waals surface area contributed by atoms with E-state index in [1.807, 2.05) is 0 Å². The first-order valence-electron chi connectivity index (χ1n) is 13.2. The van der Waals surface area contributed by atoms with Crippen LogP contribution in [0.2, 0.25) is 0 Å². The summed E-state index contributed by atoms with van der Waals surface area (Å²) in [5.74, 6) is 1.46.